The third-order valence-electron chi connectivity index (χ3n) is 3.31. The van der Waals surface area contributed by atoms with Crippen LogP contribution >= 0.6 is 0 Å². The van der Waals surface area contributed by atoms with Crippen molar-refractivity contribution in [1.82, 2.24) is 0 Å². The van der Waals surface area contributed by atoms with E-state index in [1.165, 1.54) is 14.0 Å². The molecule has 2 unspecified atom stereocenters. The van der Waals surface area contributed by atoms with Crippen molar-refractivity contribution in [3.05, 3.63) is 35.9 Å². The average Bonchev–Trinajstić information content (AvgIpc) is 2.45. The largest absolute Gasteiger partial charge is 0.467 e. The Bertz CT molecular complexity index is 468. The number of methoxy groups -OCH3 is 1. The second-order valence-electron chi connectivity index (χ2n) is 4.89. The van der Waals surface area contributed by atoms with E-state index in [0.717, 1.165) is 0 Å². The molecule has 0 aliphatic heterocycles. The van der Waals surface area contributed by atoms with Gasteiger partial charge in [0.05, 0.1) is 12.7 Å². The fourth-order valence-corrected chi connectivity index (χ4v) is 1.93. The van der Waals surface area contributed by atoms with Gasteiger partial charge in [-0.3, -0.25) is 0 Å². The van der Waals surface area contributed by atoms with Gasteiger partial charge in [-0.05, 0) is 25.0 Å². The summed E-state index contributed by atoms with van der Waals surface area (Å²) in [5, 5.41) is 10.5. The lowest BCUT2D eigenvalue weighted by Gasteiger charge is -2.34. The van der Waals surface area contributed by atoms with Crippen LogP contribution in [-0.2, 0) is 14.3 Å². The number of hydrogen-bond acceptors (Lipinski definition) is 5. The zero-order valence-electron chi connectivity index (χ0n) is 12.1. The first-order valence-electron chi connectivity index (χ1n) is 6.40. The first-order chi connectivity index (χ1) is 9.33. The van der Waals surface area contributed by atoms with E-state index in [-0.39, 0.29) is 0 Å². The number of aliphatic hydroxyl groups is 1. The minimum atomic E-state index is -1.88. The van der Waals surface area contributed by atoms with E-state index in [0.29, 0.717) is 5.56 Å². The third-order valence-corrected chi connectivity index (χ3v) is 3.31. The van der Waals surface area contributed by atoms with Gasteiger partial charge in [0.2, 0.25) is 5.60 Å². The normalized spacial score (nSPS) is 15.3. The predicted molar refractivity (Wildman–Crippen MR) is 73.1 cm³/mol. The molecule has 1 N–H and O–H groups in total. The number of benzene rings is 1. The number of rotatable bonds is 5. The molecule has 1 rings (SSSR count). The number of ether oxygens (including phenoxy) is 2. The highest BCUT2D eigenvalue weighted by Crippen LogP contribution is 2.26. The van der Waals surface area contributed by atoms with Crippen molar-refractivity contribution in [3.63, 3.8) is 0 Å². The maximum Gasteiger partial charge on any atom is 0.342 e. The molecule has 2 atom stereocenters. The molecule has 0 aliphatic carbocycles. The topological polar surface area (TPSA) is 72.8 Å². The first kappa shape index (κ1) is 16.2. The average molecular weight is 280 g/mol. The van der Waals surface area contributed by atoms with Gasteiger partial charge in [-0.15, -0.1) is 0 Å². The summed E-state index contributed by atoms with van der Waals surface area (Å²) in [5.41, 5.74) is -1.52. The Hall–Kier alpha value is -1.88. The molecule has 5 nitrogen and oxygen atoms in total. The zero-order valence-corrected chi connectivity index (χ0v) is 12.1. The van der Waals surface area contributed by atoms with E-state index >= 15 is 0 Å². The second-order valence-corrected chi connectivity index (χ2v) is 4.89. The predicted octanol–water partition coefficient (Wildman–Crippen LogP) is 1.79. The third kappa shape index (κ3) is 3.17. The molecule has 0 aliphatic rings. The smallest absolute Gasteiger partial charge is 0.342 e. The van der Waals surface area contributed by atoms with Gasteiger partial charge in [-0.25, -0.2) is 9.59 Å². The van der Waals surface area contributed by atoms with Crippen molar-refractivity contribution in [2.75, 3.05) is 7.11 Å². The van der Waals surface area contributed by atoms with Gasteiger partial charge in [0, 0.05) is 0 Å². The molecule has 20 heavy (non-hydrogen) atoms. The van der Waals surface area contributed by atoms with Gasteiger partial charge in [-0.2, -0.15) is 0 Å². The van der Waals surface area contributed by atoms with E-state index in [1.807, 2.05) is 0 Å². The Morgan fingerprint density at radius 3 is 2.15 bits per heavy atom. The van der Waals surface area contributed by atoms with Crippen LogP contribution in [0.4, 0.5) is 0 Å². The van der Waals surface area contributed by atoms with Crippen LogP contribution in [0.15, 0.2) is 30.3 Å². The molecule has 0 radical (unpaired) electrons. The van der Waals surface area contributed by atoms with Crippen LogP contribution < -0.4 is 0 Å². The molecule has 110 valence electrons. The molecule has 1 aromatic carbocycles. The second kappa shape index (κ2) is 6.52. The fraction of sp³-hybridized carbons (Fsp3) is 0.467. The minimum absolute atomic E-state index is 0.357. The summed E-state index contributed by atoms with van der Waals surface area (Å²) in [6, 6.07) is 8.38. The molecule has 0 saturated heterocycles. The zero-order chi connectivity index (χ0) is 15.3. The molecule has 0 bridgehead atoms. The Morgan fingerprint density at radius 2 is 1.70 bits per heavy atom. The highest BCUT2D eigenvalue weighted by Gasteiger charge is 2.48. The van der Waals surface area contributed by atoms with E-state index < -0.39 is 29.6 Å². The van der Waals surface area contributed by atoms with Crippen molar-refractivity contribution in [1.29, 1.82) is 0 Å². The molecule has 0 saturated carbocycles. The number of hydrogen-bond donors (Lipinski definition) is 1. The highest BCUT2D eigenvalue weighted by molar-refractivity contribution is 5.90. The van der Waals surface area contributed by atoms with E-state index in [2.05, 4.69) is 4.74 Å². The van der Waals surface area contributed by atoms with Crippen molar-refractivity contribution in [2.24, 2.45) is 5.92 Å². The van der Waals surface area contributed by atoms with Gasteiger partial charge < -0.3 is 14.6 Å². The molecule has 0 fully saturated rings. The lowest BCUT2D eigenvalue weighted by molar-refractivity contribution is -0.181. The van der Waals surface area contributed by atoms with Crippen molar-refractivity contribution in [3.8, 4) is 0 Å². The Kier molecular flexibility index (Phi) is 5.27. The van der Waals surface area contributed by atoms with Crippen LogP contribution in [0.3, 0.4) is 0 Å². The van der Waals surface area contributed by atoms with Gasteiger partial charge >= 0.3 is 11.9 Å². The molecule has 1 aromatic rings. The van der Waals surface area contributed by atoms with E-state index in [4.69, 9.17) is 4.74 Å². The maximum atomic E-state index is 11.9. The summed E-state index contributed by atoms with van der Waals surface area (Å²) in [7, 11) is 1.18. The lowest BCUT2D eigenvalue weighted by atomic mass is 9.85. The van der Waals surface area contributed by atoms with Crippen LogP contribution in [0, 0.1) is 5.92 Å². The summed E-state index contributed by atoms with van der Waals surface area (Å²) >= 11 is 0. The van der Waals surface area contributed by atoms with Crippen LogP contribution in [-0.4, -0.2) is 35.9 Å². The lowest BCUT2D eigenvalue weighted by Crippen LogP contribution is -2.54. The summed E-state index contributed by atoms with van der Waals surface area (Å²) in [6.07, 6.45) is -1.03. The summed E-state index contributed by atoms with van der Waals surface area (Å²) in [4.78, 5) is 23.7. The number of carbonyl (C=O) groups is 2. The Morgan fingerprint density at radius 1 is 1.15 bits per heavy atom. The molecule has 0 spiro atoms. The van der Waals surface area contributed by atoms with Crippen LogP contribution in [0.2, 0.25) is 0 Å². The van der Waals surface area contributed by atoms with Crippen LogP contribution in [0.5, 0.6) is 0 Å². The molecule has 0 heterocycles. The summed E-state index contributed by atoms with van der Waals surface area (Å²) in [5.74, 6) is -1.88. The molecular weight excluding hydrogens is 260 g/mol. The highest BCUT2D eigenvalue weighted by atomic mass is 16.6. The quantitative estimate of drug-likeness (QED) is 0.832. The molecule has 5 heteroatoms. The summed E-state index contributed by atoms with van der Waals surface area (Å²) in [6.45, 7) is 4.78. The van der Waals surface area contributed by atoms with E-state index in [1.54, 1.807) is 44.2 Å². The van der Waals surface area contributed by atoms with Crippen molar-refractivity contribution >= 4 is 11.9 Å². The van der Waals surface area contributed by atoms with E-state index in [9.17, 15) is 14.7 Å². The van der Waals surface area contributed by atoms with Gasteiger partial charge in [-0.1, -0.05) is 32.0 Å². The Balaban J connectivity index is 2.90. The molecular formula is C15H20O5. The minimum Gasteiger partial charge on any atom is -0.467 e. The van der Waals surface area contributed by atoms with Gasteiger partial charge in [0.1, 0.15) is 6.10 Å². The van der Waals surface area contributed by atoms with Gasteiger partial charge in [0.15, 0.2) is 0 Å². The first-order valence-corrected chi connectivity index (χ1v) is 6.40. The summed E-state index contributed by atoms with van der Waals surface area (Å²) < 4.78 is 9.80. The Labute approximate surface area is 118 Å². The van der Waals surface area contributed by atoms with Crippen LogP contribution in [0.1, 0.15) is 31.1 Å². The molecule has 0 amide bonds. The fourth-order valence-electron chi connectivity index (χ4n) is 1.93. The number of esters is 2. The van der Waals surface area contributed by atoms with Crippen LogP contribution in [0.25, 0.3) is 0 Å². The monoisotopic (exact) mass is 280 g/mol. The van der Waals surface area contributed by atoms with Gasteiger partial charge in [0.25, 0.3) is 0 Å². The molecule has 0 aromatic heterocycles. The van der Waals surface area contributed by atoms with Crippen molar-refractivity contribution in [2.45, 2.75) is 32.5 Å². The SMILES string of the molecule is COC(=O)C(O)(C(C)C)C(C)OC(=O)c1ccccc1. The maximum absolute atomic E-state index is 11.9. The number of carbonyl (C=O) groups excluding carboxylic acids is 2. The van der Waals surface area contributed by atoms with Crippen molar-refractivity contribution < 1.29 is 24.2 Å². The standard InChI is InChI=1S/C15H20O5/c1-10(2)15(18,14(17)19-4)11(3)20-13(16)12-8-6-5-7-9-12/h5-11,18H,1-4H3.